The van der Waals surface area contributed by atoms with Crippen molar-refractivity contribution >= 4 is 5.71 Å². The molecule has 0 unspecified atom stereocenters. The van der Waals surface area contributed by atoms with E-state index in [0.29, 0.717) is 6.67 Å². The molecule has 1 aromatic rings. The van der Waals surface area contributed by atoms with Crippen molar-refractivity contribution in [3.63, 3.8) is 0 Å². The molecule has 1 N–H and O–H groups in total. The largest absolute Gasteiger partial charge is 0.299 e. The van der Waals surface area contributed by atoms with Gasteiger partial charge < -0.3 is 0 Å². The summed E-state index contributed by atoms with van der Waals surface area (Å²) in [6.07, 6.45) is 0. The SMILES string of the molecule is CCNCN=C(C)c1c(C)cc(C)cc1C. The van der Waals surface area contributed by atoms with Gasteiger partial charge in [-0.3, -0.25) is 10.3 Å². The van der Waals surface area contributed by atoms with Gasteiger partial charge in [0.2, 0.25) is 0 Å². The molecule has 0 radical (unpaired) electrons. The van der Waals surface area contributed by atoms with Gasteiger partial charge in [-0.05, 0) is 45.4 Å². The monoisotopic (exact) mass is 218 g/mol. The molecule has 2 heteroatoms. The van der Waals surface area contributed by atoms with Crippen molar-refractivity contribution in [1.29, 1.82) is 0 Å². The average Bonchev–Trinajstić information content (AvgIpc) is 2.16. The van der Waals surface area contributed by atoms with Crippen molar-refractivity contribution in [3.05, 3.63) is 34.4 Å². The Morgan fingerprint density at radius 3 is 2.25 bits per heavy atom. The number of aliphatic imine (C=N–C) groups is 1. The van der Waals surface area contributed by atoms with E-state index in [9.17, 15) is 0 Å². The molecular formula is C14H22N2. The molecule has 0 aliphatic rings. The van der Waals surface area contributed by atoms with Crippen LogP contribution in [0.15, 0.2) is 17.1 Å². The maximum absolute atomic E-state index is 4.54. The van der Waals surface area contributed by atoms with E-state index in [1.165, 1.54) is 22.3 Å². The number of hydrogen-bond donors (Lipinski definition) is 1. The van der Waals surface area contributed by atoms with Crippen LogP contribution in [0.4, 0.5) is 0 Å². The van der Waals surface area contributed by atoms with E-state index in [1.54, 1.807) is 0 Å². The van der Waals surface area contributed by atoms with Crippen LogP contribution in [0.25, 0.3) is 0 Å². The van der Waals surface area contributed by atoms with Gasteiger partial charge in [0, 0.05) is 11.3 Å². The van der Waals surface area contributed by atoms with Gasteiger partial charge in [-0.1, -0.05) is 24.6 Å². The molecule has 0 amide bonds. The molecular weight excluding hydrogens is 196 g/mol. The fourth-order valence-corrected chi connectivity index (χ4v) is 2.12. The maximum atomic E-state index is 4.54. The van der Waals surface area contributed by atoms with Crippen LogP contribution in [0.1, 0.15) is 36.1 Å². The van der Waals surface area contributed by atoms with Crippen molar-refractivity contribution in [2.45, 2.75) is 34.6 Å². The Morgan fingerprint density at radius 2 is 1.75 bits per heavy atom. The molecule has 88 valence electrons. The van der Waals surface area contributed by atoms with Crippen LogP contribution < -0.4 is 5.32 Å². The Hall–Kier alpha value is -1.15. The third-order valence-electron chi connectivity index (χ3n) is 2.72. The van der Waals surface area contributed by atoms with Crippen molar-refractivity contribution < 1.29 is 0 Å². The van der Waals surface area contributed by atoms with Gasteiger partial charge in [0.15, 0.2) is 0 Å². The summed E-state index contributed by atoms with van der Waals surface area (Å²) in [5.41, 5.74) is 6.36. The highest BCUT2D eigenvalue weighted by Crippen LogP contribution is 2.17. The number of nitrogens with one attached hydrogen (secondary N) is 1. The number of aryl methyl sites for hydroxylation is 3. The highest BCUT2D eigenvalue weighted by atomic mass is 15.0. The van der Waals surface area contributed by atoms with Gasteiger partial charge in [0.1, 0.15) is 0 Å². The first-order valence-corrected chi connectivity index (χ1v) is 5.86. The lowest BCUT2D eigenvalue weighted by Crippen LogP contribution is -2.14. The zero-order valence-electron chi connectivity index (χ0n) is 11.0. The molecule has 0 bridgehead atoms. The summed E-state index contributed by atoms with van der Waals surface area (Å²) in [6, 6.07) is 4.43. The van der Waals surface area contributed by atoms with Crippen LogP contribution in [0, 0.1) is 20.8 Å². The fourth-order valence-electron chi connectivity index (χ4n) is 2.12. The van der Waals surface area contributed by atoms with Crippen molar-refractivity contribution in [2.75, 3.05) is 13.2 Å². The predicted octanol–water partition coefficient (Wildman–Crippen LogP) is 2.99. The molecule has 2 nitrogen and oxygen atoms in total. The summed E-state index contributed by atoms with van der Waals surface area (Å²) in [4.78, 5) is 4.54. The first kappa shape index (κ1) is 12.9. The minimum absolute atomic E-state index is 0.703. The van der Waals surface area contributed by atoms with E-state index in [0.717, 1.165) is 12.3 Å². The van der Waals surface area contributed by atoms with Crippen LogP contribution >= 0.6 is 0 Å². The highest BCUT2D eigenvalue weighted by Gasteiger charge is 2.06. The number of benzene rings is 1. The Kier molecular flexibility index (Phi) is 4.69. The van der Waals surface area contributed by atoms with E-state index in [2.05, 4.69) is 57.1 Å². The Bertz CT molecular complexity index is 369. The molecule has 0 spiro atoms. The molecule has 1 rings (SSSR count). The summed E-state index contributed by atoms with van der Waals surface area (Å²) in [5.74, 6) is 0. The minimum atomic E-state index is 0.703. The van der Waals surface area contributed by atoms with E-state index < -0.39 is 0 Å². The summed E-state index contributed by atoms with van der Waals surface area (Å²) in [5, 5.41) is 3.21. The van der Waals surface area contributed by atoms with E-state index in [-0.39, 0.29) is 0 Å². The van der Waals surface area contributed by atoms with Crippen LogP contribution in [0.5, 0.6) is 0 Å². The van der Waals surface area contributed by atoms with Gasteiger partial charge >= 0.3 is 0 Å². The first-order valence-electron chi connectivity index (χ1n) is 5.86. The third-order valence-corrected chi connectivity index (χ3v) is 2.72. The molecule has 0 saturated carbocycles. The van der Waals surface area contributed by atoms with Gasteiger partial charge in [-0.2, -0.15) is 0 Å². The Morgan fingerprint density at radius 1 is 1.19 bits per heavy atom. The lowest BCUT2D eigenvalue weighted by atomic mass is 9.97. The molecule has 0 heterocycles. The normalized spacial score (nSPS) is 11.9. The second-order valence-electron chi connectivity index (χ2n) is 4.28. The lowest BCUT2D eigenvalue weighted by molar-refractivity contribution is 0.743. The van der Waals surface area contributed by atoms with Crippen LogP contribution in [-0.4, -0.2) is 18.9 Å². The fraction of sp³-hybridized carbons (Fsp3) is 0.500. The summed E-state index contributed by atoms with van der Waals surface area (Å²) in [6.45, 7) is 12.3. The molecule has 1 aromatic carbocycles. The Balaban J connectivity index is 2.99. The molecule has 0 saturated heterocycles. The smallest absolute Gasteiger partial charge is 0.0887 e. The standard InChI is InChI=1S/C14H22N2/c1-6-15-9-16-13(5)14-11(3)7-10(2)8-12(14)4/h7-8,15H,6,9H2,1-5H3. The molecule has 0 atom stereocenters. The van der Waals surface area contributed by atoms with Crippen LogP contribution in [0.2, 0.25) is 0 Å². The predicted molar refractivity (Wildman–Crippen MR) is 71.4 cm³/mol. The average molecular weight is 218 g/mol. The van der Waals surface area contributed by atoms with Crippen molar-refractivity contribution in [2.24, 2.45) is 4.99 Å². The minimum Gasteiger partial charge on any atom is -0.299 e. The quantitative estimate of drug-likeness (QED) is 0.610. The van der Waals surface area contributed by atoms with Crippen LogP contribution in [0.3, 0.4) is 0 Å². The van der Waals surface area contributed by atoms with Crippen molar-refractivity contribution in [3.8, 4) is 0 Å². The zero-order valence-corrected chi connectivity index (χ0v) is 11.0. The van der Waals surface area contributed by atoms with E-state index >= 15 is 0 Å². The van der Waals surface area contributed by atoms with Crippen LogP contribution in [-0.2, 0) is 0 Å². The number of hydrogen-bond acceptors (Lipinski definition) is 2. The highest BCUT2D eigenvalue weighted by molar-refractivity contribution is 6.01. The first-order chi connectivity index (χ1) is 7.56. The topological polar surface area (TPSA) is 24.4 Å². The third kappa shape index (κ3) is 3.17. The second kappa shape index (κ2) is 5.80. The number of nitrogens with zero attached hydrogens (tertiary/aromatic N) is 1. The molecule has 0 aliphatic carbocycles. The van der Waals surface area contributed by atoms with E-state index in [1.807, 2.05) is 0 Å². The van der Waals surface area contributed by atoms with Crippen molar-refractivity contribution in [1.82, 2.24) is 5.32 Å². The molecule has 0 fully saturated rings. The molecule has 0 aliphatic heterocycles. The summed E-state index contributed by atoms with van der Waals surface area (Å²) in [7, 11) is 0. The lowest BCUT2D eigenvalue weighted by Gasteiger charge is -2.11. The van der Waals surface area contributed by atoms with E-state index in [4.69, 9.17) is 0 Å². The summed E-state index contributed by atoms with van der Waals surface area (Å²) < 4.78 is 0. The maximum Gasteiger partial charge on any atom is 0.0887 e. The van der Waals surface area contributed by atoms with Gasteiger partial charge in [0.25, 0.3) is 0 Å². The Labute approximate surface area is 98.8 Å². The summed E-state index contributed by atoms with van der Waals surface area (Å²) >= 11 is 0. The zero-order chi connectivity index (χ0) is 12.1. The molecule has 16 heavy (non-hydrogen) atoms. The number of rotatable bonds is 4. The van der Waals surface area contributed by atoms with Gasteiger partial charge in [0.05, 0.1) is 6.67 Å². The van der Waals surface area contributed by atoms with Gasteiger partial charge in [-0.25, -0.2) is 0 Å². The molecule has 0 aromatic heterocycles. The second-order valence-corrected chi connectivity index (χ2v) is 4.28. The van der Waals surface area contributed by atoms with Gasteiger partial charge in [-0.15, -0.1) is 0 Å².